The quantitative estimate of drug-likeness (QED) is 0.182. The number of ether oxygens (including phenoxy) is 2. The third kappa shape index (κ3) is 4.63. The molecule has 0 saturated carbocycles. The first kappa shape index (κ1) is 30.6. The standard InChI is InChI=1S/C48H31N3O3/c1-48(2)37-20-10-8-16-31(37)36-26-42-43(27-38(36)48)54-44-34(19-12-22-40(44)53-42)30-15-6-7-18-35(30)47-50-45(28-13-4-3-5-14-28)49-46(51-47)29-23-24-33-32-17-9-11-21-39(32)52-41(33)25-29/h3-27H,1-2H3. The molecule has 1 aliphatic carbocycles. The van der Waals surface area contributed by atoms with E-state index >= 15 is 0 Å². The van der Waals surface area contributed by atoms with Gasteiger partial charge in [-0.2, -0.15) is 0 Å². The molecule has 0 N–H and O–H groups in total. The van der Waals surface area contributed by atoms with E-state index < -0.39 is 0 Å². The van der Waals surface area contributed by atoms with Gasteiger partial charge in [-0.25, -0.2) is 15.0 Å². The van der Waals surface area contributed by atoms with Gasteiger partial charge in [0, 0.05) is 38.4 Å². The Hall–Kier alpha value is -7.05. The van der Waals surface area contributed by atoms with Crippen LogP contribution in [0, 0.1) is 0 Å². The maximum atomic E-state index is 6.83. The van der Waals surface area contributed by atoms with Crippen molar-refractivity contribution < 1.29 is 13.9 Å². The van der Waals surface area contributed by atoms with Crippen molar-refractivity contribution in [3.63, 3.8) is 0 Å². The smallest absolute Gasteiger partial charge is 0.177 e. The van der Waals surface area contributed by atoms with Crippen LogP contribution in [0.2, 0.25) is 0 Å². The van der Waals surface area contributed by atoms with Gasteiger partial charge in [-0.1, -0.05) is 129 Å². The first-order valence-electron chi connectivity index (χ1n) is 18.1. The molecule has 54 heavy (non-hydrogen) atoms. The van der Waals surface area contributed by atoms with Crippen molar-refractivity contribution in [3.8, 4) is 79.4 Å². The molecule has 0 unspecified atom stereocenters. The zero-order valence-electron chi connectivity index (χ0n) is 29.5. The summed E-state index contributed by atoms with van der Waals surface area (Å²) in [6.45, 7) is 4.54. The Morgan fingerprint density at radius 1 is 0.407 bits per heavy atom. The van der Waals surface area contributed by atoms with Gasteiger partial charge < -0.3 is 13.9 Å². The zero-order chi connectivity index (χ0) is 36.0. The number of hydrogen-bond donors (Lipinski definition) is 0. The third-order valence-electron chi connectivity index (χ3n) is 10.8. The van der Waals surface area contributed by atoms with Gasteiger partial charge in [0.15, 0.2) is 40.5 Å². The van der Waals surface area contributed by atoms with Gasteiger partial charge in [0.2, 0.25) is 0 Å². The molecule has 0 atom stereocenters. The molecule has 0 bridgehead atoms. The molecule has 0 fully saturated rings. The lowest BCUT2D eigenvalue weighted by atomic mass is 9.82. The molecule has 6 heteroatoms. The highest BCUT2D eigenvalue weighted by molar-refractivity contribution is 6.05. The molecule has 7 aromatic carbocycles. The Bertz CT molecular complexity index is 2980. The second kappa shape index (κ2) is 11.5. The second-order valence-corrected chi connectivity index (χ2v) is 14.4. The predicted octanol–water partition coefficient (Wildman–Crippen LogP) is 12.6. The van der Waals surface area contributed by atoms with E-state index in [-0.39, 0.29) is 5.41 Å². The SMILES string of the molecule is CC1(C)c2ccccc2-c2cc3c(cc21)Oc1c(cccc1-c1ccccc1-c1nc(-c2ccccc2)nc(-c2ccc4c(c2)oc2ccccc24)n1)O3. The van der Waals surface area contributed by atoms with Gasteiger partial charge in [0.1, 0.15) is 11.2 Å². The highest BCUT2D eigenvalue weighted by Gasteiger charge is 2.37. The summed E-state index contributed by atoms with van der Waals surface area (Å²) >= 11 is 0. The van der Waals surface area contributed by atoms with Crippen LogP contribution in [-0.4, -0.2) is 15.0 Å². The van der Waals surface area contributed by atoms with Gasteiger partial charge >= 0.3 is 0 Å². The lowest BCUT2D eigenvalue weighted by molar-refractivity contribution is 0.360. The van der Waals surface area contributed by atoms with Crippen molar-refractivity contribution >= 4 is 21.9 Å². The highest BCUT2D eigenvalue weighted by Crippen LogP contribution is 2.56. The molecule has 0 amide bonds. The van der Waals surface area contributed by atoms with Crippen LogP contribution >= 0.6 is 0 Å². The molecule has 6 nitrogen and oxygen atoms in total. The molecule has 0 radical (unpaired) electrons. The van der Waals surface area contributed by atoms with Gasteiger partial charge in [-0.3, -0.25) is 0 Å². The Kier molecular flexibility index (Phi) is 6.49. The fourth-order valence-corrected chi connectivity index (χ4v) is 8.13. The topological polar surface area (TPSA) is 70.3 Å². The van der Waals surface area contributed by atoms with Gasteiger partial charge in [0.05, 0.1) is 0 Å². The lowest BCUT2D eigenvalue weighted by Gasteiger charge is -2.26. The van der Waals surface area contributed by atoms with Crippen LogP contribution in [0.25, 0.3) is 78.4 Å². The van der Waals surface area contributed by atoms with Crippen LogP contribution in [0.5, 0.6) is 23.0 Å². The number of fused-ring (bicyclic) bond motifs is 8. The number of furan rings is 1. The molecular weight excluding hydrogens is 667 g/mol. The van der Waals surface area contributed by atoms with E-state index in [1.807, 2.05) is 78.9 Å². The average molecular weight is 698 g/mol. The first-order chi connectivity index (χ1) is 26.5. The monoisotopic (exact) mass is 697 g/mol. The first-order valence-corrected chi connectivity index (χ1v) is 18.1. The van der Waals surface area contributed by atoms with Crippen LogP contribution < -0.4 is 9.47 Å². The summed E-state index contributed by atoms with van der Waals surface area (Å²) in [6.07, 6.45) is 0. The summed E-state index contributed by atoms with van der Waals surface area (Å²) in [5.41, 5.74) is 10.8. The maximum Gasteiger partial charge on any atom is 0.177 e. The molecule has 2 aliphatic rings. The lowest BCUT2D eigenvalue weighted by Crippen LogP contribution is -2.15. The molecule has 1 aliphatic heterocycles. The van der Waals surface area contributed by atoms with Crippen molar-refractivity contribution in [2.45, 2.75) is 19.3 Å². The fourth-order valence-electron chi connectivity index (χ4n) is 8.13. The molecule has 9 aromatic rings. The van der Waals surface area contributed by atoms with E-state index in [0.717, 1.165) is 49.8 Å². The van der Waals surface area contributed by atoms with E-state index in [1.54, 1.807) is 0 Å². The number of rotatable bonds is 4. The van der Waals surface area contributed by atoms with Gasteiger partial charge in [0.25, 0.3) is 0 Å². The molecule has 11 rings (SSSR count). The van der Waals surface area contributed by atoms with Crippen molar-refractivity contribution in [1.82, 2.24) is 15.0 Å². The largest absolute Gasteiger partial charge is 0.456 e. The van der Waals surface area contributed by atoms with Gasteiger partial charge in [-0.15, -0.1) is 0 Å². The zero-order valence-corrected chi connectivity index (χ0v) is 29.5. The minimum atomic E-state index is -0.168. The summed E-state index contributed by atoms with van der Waals surface area (Å²) in [4.78, 5) is 15.2. The number of benzene rings is 7. The second-order valence-electron chi connectivity index (χ2n) is 14.4. The van der Waals surface area contributed by atoms with E-state index in [0.29, 0.717) is 40.5 Å². The van der Waals surface area contributed by atoms with E-state index in [9.17, 15) is 0 Å². The van der Waals surface area contributed by atoms with Crippen LogP contribution in [0.15, 0.2) is 156 Å². The van der Waals surface area contributed by atoms with Crippen molar-refractivity contribution in [3.05, 3.63) is 163 Å². The van der Waals surface area contributed by atoms with E-state index in [1.165, 1.54) is 22.3 Å². The van der Waals surface area contributed by atoms with Crippen LogP contribution in [0.1, 0.15) is 25.0 Å². The molecule has 0 saturated heterocycles. The van der Waals surface area contributed by atoms with Gasteiger partial charge in [-0.05, 0) is 64.2 Å². The normalized spacial score (nSPS) is 13.4. The minimum absolute atomic E-state index is 0.168. The highest BCUT2D eigenvalue weighted by atomic mass is 16.6. The summed E-state index contributed by atoms with van der Waals surface area (Å²) in [6, 6.07) is 51.3. The van der Waals surface area contributed by atoms with E-state index in [4.69, 9.17) is 28.8 Å². The Balaban J connectivity index is 1.05. The Morgan fingerprint density at radius 3 is 1.94 bits per heavy atom. The molecule has 3 heterocycles. The molecular formula is C48H31N3O3. The Labute approximate surface area is 311 Å². The Morgan fingerprint density at radius 2 is 1.07 bits per heavy atom. The van der Waals surface area contributed by atoms with Crippen molar-refractivity contribution in [2.24, 2.45) is 0 Å². The summed E-state index contributed by atoms with van der Waals surface area (Å²) in [5.74, 6) is 4.39. The van der Waals surface area contributed by atoms with Crippen molar-refractivity contribution in [1.29, 1.82) is 0 Å². The minimum Gasteiger partial charge on any atom is -0.456 e. The summed E-state index contributed by atoms with van der Waals surface area (Å²) in [5, 5.41) is 2.13. The summed E-state index contributed by atoms with van der Waals surface area (Å²) < 4.78 is 19.7. The van der Waals surface area contributed by atoms with Crippen molar-refractivity contribution in [2.75, 3.05) is 0 Å². The number of nitrogens with zero attached hydrogens (tertiary/aromatic N) is 3. The molecule has 256 valence electrons. The van der Waals surface area contributed by atoms with Crippen LogP contribution in [-0.2, 0) is 5.41 Å². The number of para-hydroxylation sites is 2. The molecule has 0 spiro atoms. The third-order valence-corrected chi connectivity index (χ3v) is 10.8. The summed E-state index contributed by atoms with van der Waals surface area (Å²) in [7, 11) is 0. The fraction of sp³-hybridized carbons (Fsp3) is 0.0625. The number of hydrogen-bond acceptors (Lipinski definition) is 6. The van der Waals surface area contributed by atoms with Crippen LogP contribution in [0.3, 0.4) is 0 Å². The predicted molar refractivity (Wildman–Crippen MR) is 213 cm³/mol. The van der Waals surface area contributed by atoms with Crippen LogP contribution in [0.4, 0.5) is 0 Å². The maximum absolute atomic E-state index is 6.83. The average Bonchev–Trinajstić information content (AvgIpc) is 3.70. The number of aromatic nitrogens is 3. The molecule has 2 aromatic heterocycles. The van der Waals surface area contributed by atoms with E-state index in [2.05, 4.69) is 86.6 Å².